The van der Waals surface area contributed by atoms with Crippen molar-refractivity contribution in [3.8, 4) is 5.88 Å². The lowest BCUT2D eigenvalue weighted by atomic mass is 10.3. The van der Waals surface area contributed by atoms with Gasteiger partial charge in [0.2, 0.25) is 5.88 Å². The van der Waals surface area contributed by atoms with E-state index in [4.69, 9.17) is 9.84 Å². The molecule has 11 heavy (non-hydrogen) atoms. The molecule has 0 bridgehead atoms. The van der Waals surface area contributed by atoms with Gasteiger partial charge in [-0.05, 0) is 18.6 Å². The van der Waals surface area contributed by atoms with Crippen LogP contribution in [0.5, 0.6) is 5.88 Å². The molecule has 0 aliphatic rings. The van der Waals surface area contributed by atoms with Crippen molar-refractivity contribution in [2.45, 2.75) is 13.5 Å². The maximum Gasteiger partial charge on any atom is 0.213 e. The summed E-state index contributed by atoms with van der Waals surface area (Å²) in [6.45, 7) is 2.55. The lowest BCUT2D eigenvalue weighted by Gasteiger charge is -2.00. The minimum absolute atomic E-state index is 0.0272. The van der Waals surface area contributed by atoms with Gasteiger partial charge in [-0.1, -0.05) is 0 Å². The zero-order valence-corrected chi connectivity index (χ0v) is 6.45. The Hall–Kier alpha value is -1.09. The van der Waals surface area contributed by atoms with Gasteiger partial charge in [0.05, 0.1) is 13.2 Å². The van der Waals surface area contributed by atoms with E-state index in [0.29, 0.717) is 12.5 Å². The average Bonchev–Trinajstić information content (AvgIpc) is 2.07. The molecule has 0 fully saturated rings. The number of nitrogens with zero attached hydrogens (tertiary/aromatic N) is 1. The molecule has 3 nitrogen and oxygen atoms in total. The van der Waals surface area contributed by atoms with Crippen LogP contribution in [-0.2, 0) is 6.61 Å². The molecule has 60 valence electrons. The highest BCUT2D eigenvalue weighted by molar-refractivity contribution is 5.16. The van der Waals surface area contributed by atoms with Crippen molar-refractivity contribution in [1.29, 1.82) is 0 Å². The maximum absolute atomic E-state index is 8.68. The second-order valence-corrected chi connectivity index (χ2v) is 2.10. The first-order valence-electron chi connectivity index (χ1n) is 3.55. The minimum atomic E-state index is 0.0272. The molecule has 0 aromatic carbocycles. The number of aliphatic hydroxyl groups is 1. The van der Waals surface area contributed by atoms with E-state index < -0.39 is 0 Å². The number of pyridine rings is 1. The fourth-order valence-electron chi connectivity index (χ4n) is 0.738. The molecular weight excluding hydrogens is 142 g/mol. The Bertz CT molecular complexity index is 208. The van der Waals surface area contributed by atoms with Gasteiger partial charge in [-0.2, -0.15) is 0 Å². The average molecular weight is 153 g/mol. The summed E-state index contributed by atoms with van der Waals surface area (Å²) < 4.78 is 5.11. The molecular formula is C8H11NO2. The van der Waals surface area contributed by atoms with Gasteiger partial charge in [0, 0.05) is 12.3 Å². The number of hydrogen-bond donors (Lipinski definition) is 1. The summed E-state index contributed by atoms with van der Waals surface area (Å²) in [5.74, 6) is 0.602. The van der Waals surface area contributed by atoms with E-state index in [9.17, 15) is 0 Å². The van der Waals surface area contributed by atoms with Crippen LogP contribution in [0.3, 0.4) is 0 Å². The van der Waals surface area contributed by atoms with Gasteiger partial charge in [-0.15, -0.1) is 0 Å². The van der Waals surface area contributed by atoms with Crippen LogP contribution in [0.1, 0.15) is 12.5 Å². The molecule has 1 rings (SSSR count). The molecule has 3 heteroatoms. The Morgan fingerprint density at radius 1 is 1.55 bits per heavy atom. The number of rotatable bonds is 3. The predicted molar refractivity (Wildman–Crippen MR) is 41.3 cm³/mol. The molecule has 0 aliphatic carbocycles. The Labute approximate surface area is 65.7 Å². The zero-order chi connectivity index (χ0) is 8.10. The maximum atomic E-state index is 8.68. The van der Waals surface area contributed by atoms with E-state index in [1.165, 1.54) is 0 Å². The molecule has 1 aromatic rings. The third kappa shape index (κ3) is 2.20. The van der Waals surface area contributed by atoms with E-state index in [1.807, 2.05) is 6.92 Å². The van der Waals surface area contributed by atoms with Crippen molar-refractivity contribution >= 4 is 0 Å². The van der Waals surface area contributed by atoms with Gasteiger partial charge >= 0.3 is 0 Å². The van der Waals surface area contributed by atoms with Crippen LogP contribution in [0.2, 0.25) is 0 Å². The highest BCUT2D eigenvalue weighted by atomic mass is 16.5. The van der Waals surface area contributed by atoms with Crippen molar-refractivity contribution in [1.82, 2.24) is 4.98 Å². The minimum Gasteiger partial charge on any atom is -0.478 e. The van der Waals surface area contributed by atoms with Gasteiger partial charge < -0.3 is 9.84 Å². The van der Waals surface area contributed by atoms with E-state index >= 15 is 0 Å². The largest absolute Gasteiger partial charge is 0.478 e. The monoisotopic (exact) mass is 153 g/mol. The van der Waals surface area contributed by atoms with Gasteiger partial charge in [-0.25, -0.2) is 4.98 Å². The van der Waals surface area contributed by atoms with E-state index in [2.05, 4.69) is 4.98 Å². The van der Waals surface area contributed by atoms with Crippen molar-refractivity contribution < 1.29 is 9.84 Å². The topological polar surface area (TPSA) is 42.4 Å². The standard InChI is InChI=1S/C8H11NO2/c1-2-11-8-4-3-7(6-10)5-9-8/h3-5,10H,2,6H2,1H3. The summed E-state index contributed by atoms with van der Waals surface area (Å²) in [7, 11) is 0. The van der Waals surface area contributed by atoms with Crippen LogP contribution in [0.4, 0.5) is 0 Å². The Morgan fingerprint density at radius 2 is 2.36 bits per heavy atom. The lowest BCUT2D eigenvalue weighted by molar-refractivity contribution is 0.280. The van der Waals surface area contributed by atoms with Gasteiger partial charge in [0.1, 0.15) is 0 Å². The Kier molecular flexibility index (Phi) is 2.86. The van der Waals surface area contributed by atoms with Crippen molar-refractivity contribution in [3.63, 3.8) is 0 Å². The smallest absolute Gasteiger partial charge is 0.213 e. The molecule has 0 radical (unpaired) electrons. The van der Waals surface area contributed by atoms with Gasteiger partial charge in [0.25, 0.3) is 0 Å². The highest BCUT2D eigenvalue weighted by Gasteiger charge is 1.92. The lowest BCUT2D eigenvalue weighted by Crippen LogP contribution is -1.94. The van der Waals surface area contributed by atoms with Crippen LogP contribution >= 0.6 is 0 Å². The first-order valence-corrected chi connectivity index (χ1v) is 3.55. The van der Waals surface area contributed by atoms with Crippen LogP contribution in [0.25, 0.3) is 0 Å². The van der Waals surface area contributed by atoms with E-state index in [1.54, 1.807) is 18.3 Å². The molecule has 0 saturated heterocycles. The fraction of sp³-hybridized carbons (Fsp3) is 0.375. The summed E-state index contributed by atoms with van der Waals surface area (Å²) in [6.07, 6.45) is 1.60. The predicted octanol–water partition coefficient (Wildman–Crippen LogP) is 0.973. The number of aromatic nitrogens is 1. The van der Waals surface area contributed by atoms with Crippen molar-refractivity contribution in [2.75, 3.05) is 6.61 Å². The molecule has 0 amide bonds. The number of ether oxygens (including phenoxy) is 1. The third-order valence-electron chi connectivity index (χ3n) is 1.27. The summed E-state index contributed by atoms with van der Waals surface area (Å²) in [4.78, 5) is 3.96. The molecule has 0 saturated carbocycles. The molecule has 1 heterocycles. The molecule has 0 spiro atoms. The van der Waals surface area contributed by atoms with Crippen LogP contribution < -0.4 is 4.74 Å². The molecule has 0 aliphatic heterocycles. The highest BCUT2D eigenvalue weighted by Crippen LogP contribution is 2.06. The summed E-state index contributed by atoms with van der Waals surface area (Å²) >= 11 is 0. The van der Waals surface area contributed by atoms with E-state index in [0.717, 1.165) is 5.56 Å². The summed E-state index contributed by atoms with van der Waals surface area (Å²) in [5, 5.41) is 8.68. The number of aliphatic hydroxyl groups excluding tert-OH is 1. The van der Waals surface area contributed by atoms with Crippen LogP contribution in [0.15, 0.2) is 18.3 Å². The third-order valence-corrected chi connectivity index (χ3v) is 1.27. The zero-order valence-electron chi connectivity index (χ0n) is 6.45. The SMILES string of the molecule is CCOc1ccc(CO)cn1. The fourth-order valence-corrected chi connectivity index (χ4v) is 0.738. The summed E-state index contributed by atoms with van der Waals surface area (Å²) in [5.41, 5.74) is 0.799. The van der Waals surface area contributed by atoms with Crippen LogP contribution in [-0.4, -0.2) is 16.7 Å². The van der Waals surface area contributed by atoms with Gasteiger partial charge in [0.15, 0.2) is 0 Å². The quantitative estimate of drug-likeness (QED) is 0.703. The second-order valence-electron chi connectivity index (χ2n) is 2.10. The first-order chi connectivity index (χ1) is 5.36. The molecule has 1 N–H and O–H groups in total. The first kappa shape index (κ1) is 8.01. The molecule has 0 atom stereocenters. The normalized spacial score (nSPS) is 9.64. The number of hydrogen-bond acceptors (Lipinski definition) is 3. The molecule has 0 unspecified atom stereocenters. The van der Waals surface area contributed by atoms with Crippen molar-refractivity contribution in [3.05, 3.63) is 23.9 Å². The van der Waals surface area contributed by atoms with E-state index in [-0.39, 0.29) is 6.61 Å². The van der Waals surface area contributed by atoms with Gasteiger partial charge in [-0.3, -0.25) is 0 Å². The Balaban J connectivity index is 2.66. The molecule has 1 aromatic heterocycles. The van der Waals surface area contributed by atoms with Crippen molar-refractivity contribution in [2.24, 2.45) is 0 Å². The second kappa shape index (κ2) is 3.93. The summed E-state index contributed by atoms with van der Waals surface area (Å²) in [6, 6.07) is 3.53. The Morgan fingerprint density at radius 3 is 2.82 bits per heavy atom. The van der Waals surface area contributed by atoms with Crippen LogP contribution in [0, 0.1) is 0 Å².